The van der Waals surface area contributed by atoms with Gasteiger partial charge in [0.1, 0.15) is 5.82 Å². The molecule has 0 amide bonds. The van der Waals surface area contributed by atoms with Gasteiger partial charge in [-0.2, -0.15) is 0 Å². The van der Waals surface area contributed by atoms with Crippen LogP contribution >= 0.6 is 0 Å². The lowest BCUT2D eigenvalue weighted by Crippen LogP contribution is -2.49. The van der Waals surface area contributed by atoms with Crippen LogP contribution < -0.4 is 10.6 Å². The SMILES string of the molecule is CN=C(NCc1nccn1CC(C)C)NC1CCN(C2CC2)CC1. The molecule has 6 nitrogen and oxygen atoms in total. The second-order valence-electron chi connectivity index (χ2n) is 7.50. The van der Waals surface area contributed by atoms with E-state index in [1.807, 2.05) is 13.2 Å². The summed E-state index contributed by atoms with van der Waals surface area (Å²) in [5.41, 5.74) is 0. The Balaban J connectivity index is 1.44. The zero-order chi connectivity index (χ0) is 16.9. The Morgan fingerprint density at radius 2 is 2.04 bits per heavy atom. The van der Waals surface area contributed by atoms with E-state index < -0.39 is 0 Å². The fourth-order valence-electron chi connectivity index (χ4n) is 3.47. The first-order valence-electron chi connectivity index (χ1n) is 9.37. The summed E-state index contributed by atoms with van der Waals surface area (Å²) in [5, 5.41) is 7.00. The summed E-state index contributed by atoms with van der Waals surface area (Å²) in [6.45, 7) is 8.61. The van der Waals surface area contributed by atoms with Gasteiger partial charge < -0.3 is 20.1 Å². The number of hydrogen-bond acceptors (Lipinski definition) is 3. The van der Waals surface area contributed by atoms with Gasteiger partial charge in [-0.15, -0.1) is 0 Å². The van der Waals surface area contributed by atoms with Crippen LogP contribution in [-0.4, -0.2) is 52.6 Å². The molecule has 1 aliphatic heterocycles. The number of nitrogens with zero attached hydrogens (tertiary/aromatic N) is 4. The number of hydrogen-bond donors (Lipinski definition) is 2. The number of piperidine rings is 1. The van der Waals surface area contributed by atoms with Crippen molar-refractivity contribution in [3.05, 3.63) is 18.2 Å². The maximum atomic E-state index is 4.47. The summed E-state index contributed by atoms with van der Waals surface area (Å²) < 4.78 is 2.22. The van der Waals surface area contributed by atoms with Crippen molar-refractivity contribution in [2.45, 2.75) is 64.7 Å². The highest BCUT2D eigenvalue weighted by molar-refractivity contribution is 5.79. The zero-order valence-electron chi connectivity index (χ0n) is 15.3. The summed E-state index contributed by atoms with van der Waals surface area (Å²) in [4.78, 5) is 11.5. The van der Waals surface area contributed by atoms with Crippen molar-refractivity contribution >= 4 is 5.96 Å². The second-order valence-corrected chi connectivity index (χ2v) is 7.50. The summed E-state index contributed by atoms with van der Waals surface area (Å²) in [6, 6.07) is 1.42. The van der Waals surface area contributed by atoms with Gasteiger partial charge in [0.2, 0.25) is 0 Å². The Hall–Kier alpha value is -1.56. The summed E-state index contributed by atoms with van der Waals surface area (Å²) in [7, 11) is 1.84. The van der Waals surface area contributed by atoms with E-state index in [1.54, 1.807) is 0 Å². The molecule has 1 aromatic heterocycles. The van der Waals surface area contributed by atoms with Crippen LogP contribution in [0.15, 0.2) is 17.4 Å². The van der Waals surface area contributed by atoms with Crippen LogP contribution in [0.1, 0.15) is 45.4 Å². The average Bonchev–Trinajstić information content (AvgIpc) is 3.33. The first-order chi connectivity index (χ1) is 11.7. The highest BCUT2D eigenvalue weighted by atomic mass is 15.2. The maximum Gasteiger partial charge on any atom is 0.191 e. The van der Waals surface area contributed by atoms with Gasteiger partial charge in [0.25, 0.3) is 0 Å². The number of nitrogens with one attached hydrogen (secondary N) is 2. The minimum atomic E-state index is 0.529. The fraction of sp³-hybridized carbons (Fsp3) is 0.778. The Kier molecular flexibility index (Phi) is 5.76. The van der Waals surface area contributed by atoms with Crippen molar-refractivity contribution in [1.82, 2.24) is 25.1 Å². The van der Waals surface area contributed by atoms with Gasteiger partial charge in [-0.05, 0) is 31.6 Å². The Morgan fingerprint density at radius 1 is 1.29 bits per heavy atom. The molecule has 1 saturated carbocycles. The maximum absolute atomic E-state index is 4.47. The number of imidazole rings is 1. The number of guanidine groups is 1. The molecule has 0 atom stereocenters. The normalized spacial score (nSPS) is 20.6. The molecule has 2 N–H and O–H groups in total. The quantitative estimate of drug-likeness (QED) is 0.616. The van der Waals surface area contributed by atoms with Crippen molar-refractivity contribution < 1.29 is 0 Å². The molecule has 24 heavy (non-hydrogen) atoms. The number of aliphatic imine (C=N–C) groups is 1. The smallest absolute Gasteiger partial charge is 0.191 e. The van der Waals surface area contributed by atoms with E-state index in [0.717, 1.165) is 24.4 Å². The van der Waals surface area contributed by atoms with E-state index in [9.17, 15) is 0 Å². The van der Waals surface area contributed by atoms with E-state index in [4.69, 9.17) is 0 Å². The Morgan fingerprint density at radius 3 is 2.67 bits per heavy atom. The number of rotatable bonds is 6. The van der Waals surface area contributed by atoms with Gasteiger partial charge in [0.15, 0.2) is 5.96 Å². The molecule has 3 rings (SSSR count). The first-order valence-corrected chi connectivity index (χ1v) is 9.37. The molecular formula is C18H32N6. The largest absolute Gasteiger partial charge is 0.354 e. The fourth-order valence-corrected chi connectivity index (χ4v) is 3.47. The van der Waals surface area contributed by atoms with Gasteiger partial charge in [0.05, 0.1) is 6.54 Å². The minimum absolute atomic E-state index is 0.529. The topological polar surface area (TPSA) is 57.5 Å². The molecule has 0 unspecified atom stereocenters. The van der Waals surface area contributed by atoms with Gasteiger partial charge >= 0.3 is 0 Å². The molecule has 0 spiro atoms. The Bertz CT molecular complexity index is 537. The van der Waals surface area contributed by atoms with Crippen LogP contribution in [0.3, 0.4) is 0 Å². The van der Waals surface area contributed by atoms with E-state index in [1.165, 1.54) is 38.8 Å². The summed E-state index contributed by atoms with van der Waals surface area (Å²) in [5.74, 6) is 2.57. The van der Waals surface area contributed by atoms with Crippen molar-refractivity contribution in [3.63, 3.8) is 0 Å². The zero-order valence-corrected chi connectivity index (χ0v) is 15.3. The monoisotopic (exact) mass is 332 g/mol. The molecule has 1 aromatic rings. The molecule has 6 heteroatoms. The highest BCUT2D eigenvalue weighted by Crippen LogP contribution is 2.29. The lowest BCUT2D eigenvalue weighted by Gasteiger charge is -2.33. The summed E-state index contributed by atoms with van der Waals surface area (Å²) >= 11 is 0. The lowest BCUT2D eigenvalue weighted by molar-refractivity contribution is 0.197. The summed E-state index contributed by atoms with van der Waals surface area (Å²) in [6.07, 6.45) is 9.16. The van der Waals surface area contributed by atoms with Crippen molar-refractivity contribution in [2.24, 2.45) is 10.9 Å². The van der Waals surface area contributed by atoms with Gasteiger partial charge in [-0.1, -0.05) is 13.8 Å². The number of aromatic nitrogens is 2. The van der Waals surface area contributed by atoms with E-state index in [-0.39, 0.29) is 0 Å². The third-order valence-corrected chi connectivity index (χ3v) is 4.93. The van der Waals surface area contributed by atoms with Crippen LogP contribution in [0.25, 0.3) is 0 Å². The molecule has 1 saturated heterocycles. The molecular weight excluding hydrogens is 300 g/mol. The third kappa shape index (κ3) is 4.72. The van der Waals surface area contributed by atoms with Crippen molar-refractivity contribution in [3.8, 4) is 0 Å². The molecule has 0 radical (unpaired) electrons. The average molecular weight is 332 g/mol. The standard InChI is InChI=1S/C18H32N6/c1-14(2)13-24-11-8-20-17(24)12-21-18(19-3)22-15-6-9-23(10-7-15)16-4-5-16/h8,11,14-16H,4-7,9-10,12-13H2,1-3H3,(H2,19,21,22). The molecule has 0 bridgehead atoms. The molecule has 1 aliphatic carbocycles. The number of likely N-dealkylation sites (tertiary alicyclic amines) is 1. The van der Waals surface area contributed by atoms with Gasteiger partial charge in [-0.3, -0.25) is 4.99 Å². The van der Waals surface area contributed by atoms with E-state index >= 15 is 0 Å². The molecule has 134 valence electrons. The van der Waals surface area contributed by atoms with Crippen LogP contribution in [0.5, 0.6) is 0 Å². The van der Waals surface area contributed by atoms with Crippen molar-refractivity contribution in [1.29, 1.82) is 0 Å². The molecule has 2 aliphatic rings. The molecule has 2 fully saturated rings. The van der Waals surface area contributed by atoms with E-state index in [0.29, 0.717) is 18.5 Å². The Labute approximate surface area is 145 Å². The minimum Gasteiger partial charge on any atom is -0.354 e. The third-order valence-electron chi connectivity index (χ3n) is 4.93. The molecule has 2 heterocycles. The first kappa shape index (κ1) is 17.3. The van der Waals surface area contributed by atoms with E-state index in [2.05, 4.69) is 50.1 Å². The van der Waals surface area contributed by atoms with Gasteiger partial charge in [-0.25, -0.2) is 4.98 Å². The lowest BCUT2D eigenvalue weighted by atomic mass is 10.1. The van der Waals surface area contributed by atoms with Crippen LogP contribution in [0, 0.1) is 5.92 Å². The van der Waals surface area contributed by atoms with Crippen LogP contribution in [0.4, 0.5) is 0 Å². The predicted molar refractivity (Wildman–Crippen MR) is 98.0 cm³/mol. The van der Waals surface area contributed by atoms with Crippen molar-refractivity contribution in [2.75, 3.05) is 20.1 Å². The van der Waals surface area contributed by atoms with Crippen LogP contribution in [-0.2, 0) is 13.1 Å². The molecule has 0 aromatic carbocycles. The van der Waals surface area contributed by atoms with Crippen LogP contribution in [0.2, 0.25) is 0 Å². The second kappa shape index (κ2) is 8.01. The highest BCUT2D eigenvalue weighted by Gasteiger charge is 2.31. The van der Waals surface area contributed by atoms with Gasteiger partial charge in [0, 0.05) is 51.2 Å². The predicted octanol–water partition coefficient (Wildman–Crippen LogP) is 1.83.